The third-order valence-electron chi connectivity index (χ3n) is 12.8. The van der Waals surface area contributed by atoms with E-state index in [1.807, 2.05) is 6.08 Å². The summed E-state index contributed by atoms with van der Waals surface area (Å²) < 4.78 is 16.8. The summed E-state index contributed by atoms with van der Waals surface area (Å²) >= 11 is 0. The maximum absolute atomic E-state index is 12.8. The number of carbonyl (C=O) groups excluding carboxylic acids is 3. The first-order valence-corrected chi connectivity index (χ1v) is 29.3. The largest absolute Gasteiger partial charge is 0.462 e. The van der Waals surface area contributed by atoms with Crippen LogP contribution in [0.4, 0.5) is 0 Å². The number of hydrogen-bond acceptors (Lipinski definition) is 6. The molecule has 0 aromatic carbocycles. The van der Waals surface area contributed by atoms with E-state index in [9.17, 15) is 14.4 Å². The molecular weight excluding hydrogens is 841 g/mol. The van der Waals surface area contributed by atoms with Crippen LogP contribution < -0.4 is 0 Å². The molecule has 0 aliphatic heterocycles. The molecule has 68 heavy (non-hydrogen) atoms. The van der Waals surface area contributed by atoms with Crippen LogP contribution in [0.1, 0.15) is 297 Å². The van der Waals surface area contributed by atoms with Gasteiger partial charge in [0.05, 0.1) is 0 Å². The summed E-state index contributed by atoms with van der Waals surface area (Å²) in [5, 5.41) is 0. The molecule has 0 aliphatic rings. The molecule has 6 nitrogen and oxygen atoms in total. The van der Waals surface area contributed by atoms with Crippen LogP contribution in [0.15, 0.2) is 60.8 Å². The molecule has 1 unspecified atom stereocenters. The molecule has 0 spiro atoms. The van der Waals surface area contributed by atoms with Crippen LogP contribution >= 0.6 is 0 Å². The van der Waals surface area contributed by atoms with E-state index in [0.717, 1.165) is 70.6 Å². The summed E-state index contributed by atoms with van der Waals surface area (Å²) in [6.45, 7) is 6.50. The Kier molecular flexibility index (Phi) is 54.3. The molecule has 0 fully saturated rings. The van der Waals surface area contributed by atoms with Crippen molar-refractivity contribution < 1.29 is 28.6 Å². The van der Waals surface area contributed by atoms with Crippen LogP contribution in [0.3, 0.4) is 0 Å². The molecule has 0 N–H and O–H groups in total. The summed E-state index contributed by atoms with van der Waals surface area (Å²) in [5.41, 5.74) is 0. The average Bonchev–Trinajstić information content (AvgIpc) is 3.34. The molecule has 0 aromatic heterocycles. The average molecular weight is 952 g/mol. The lowest BCUT2D eigenvalue weighted by Gasteiger charge is -2.18. The topological polar surface area (TPSA) is 78.9 Å². The second-order valence-electron chi connectivity index (χ2n) is 19.5. The second-order valence-corrected chi connectivity index (χ2v) is 19.5. The van der Waals surface area contributed by atoms with Crippen molar-refractivity contribution in [2.75, 3.05) is 13.2 Å². The van der Waals surface area contributed by atoms with E-state index in [1.54, 1.807) is 0 Å². The Labute approximate surface area is 421 Å². The Morgan fingerprint density at radius 3 is 0.868 bits per heavy atom. The molecule has 394 valence electrons. The lowest BCUT2D eigenvalue weighted by Crippen LogP contribution is -2.30. The van der Waals surface area contributed by atoms with Crippen molar-refractivity contribution in [2.45, 2.75) is 303 Å². The van der Waals surface area contributed by atoms with Crippen molar-refractivity contribution in [3.8, 4) is 0 Å². The summed E-state index contributed by atoms with van der Waals surface area (Å²) in [4.78, 5) is 38.1. The van der Waals surface area contributed by atoms with Gasteiger partial charge in [0.25, 0.3) is 0 Å². The Morgan fingerprint density at radius 1 is 0.309 bits per heavy atom. The standard InChI is InChI=1S/C62H110O6/c1-4-7-10-13-16-19-22-25-28-30-31-32-35-37-40-43-46-49-52-55-61(64)67-58-59(57-66-60(63)54-51-48-45-42-39-36-33-27-24-21-18-15-12-9-6-3)68-62(65)56-53-50-47-44-41-38-34-29-26-23-20-17-14-11-8-5-2/h8,11,17,20,26,29,38,41,47,50,59H,4-7,9-10,12-16,18-19,21-25,27-28,30-37,39-40,42-46,48-49,51-58H2,1-3H3/b11-8-,20-17-,29-26-,41-38-,50-47-. The summed E-state index contributed by atoms with van der Waals surface area (Å²) in [6.07, 6.45) is 70.9. The van der Waals surface area contributed by atoms with Gasteiger partial charge in [-0.1, -0.05) is 287 Å². The maximum atomic E-state index is 12.8. The third-order valence-corrected chi connectivity index (χ3v) is 12.8. The van der Waals surface area contributed by atoms with Crippen molar-refractivity contribution in [2.24, 2.45) is 0 Å². The van der Waals surface area contributed by atoms with Crippen molar-refractivity contribution in [1.82, 2.24) is 0 Å². The van der Waals surface area contributed by atoms with Gasteiger partial charge < -0.3 is 14.2 Å². The zero-order valence-electron chi connectivity index (χ0n) is 45.1. The van der Waals surface area contributed by atoms with Crippen LogP contribution in [-0.2, 0) is 28.6 Å². The number of rotatable bonds is 53. The molecule has 0 amide bonds. The molecule has 0 rings (SSSR count). The quantitative estimate of drug-likeness (QED) is 0.0262. The van der Waals surface area contributed by atoms with Gasteiger partial charge in [-0.15, -0.1) is 0 Å². The zero-order chi connectivity index (χ0) is 49.3. The predicted octanol–water partition coefficient (Wildman–Crippen LogP) is 19.6. The Hall–Kier alpha value is -2.89. The van der Waals surface area contributed by atoms with E-state index in [0.29, 0.717) is 19.3 Å². The molecule has 0 radical (unpaired) electrons. The number of hydrogen-bond donors (Lipinski definition) is 0. The van der Waals surface area contributed by atoms with Gasteiger partial charge in [-0.25, -0.2) is 0 Å². The van der Waals surface area contributed by atoms with Gasteiger partial charge in [-0.3, -0.25) is 14.4 Å². The van der Waals surface area contributed by atoms with Gasteiger partial charge in [-0.2, -0.15) is 0 Å². The first-order valence-electron chi connectivity index (χ1n) is 29.3. The number of ether oxygens (including phenoxy) is 3. The number of allylic oxidation sites excluding steroid dienone is 10. The van der Waals surface area contributed by atoms with Crippen molar-refractivity contribution in [3.05, 3.63) is 60.8 Å². The third kappa shape index (κ3) is 54.1. The first-order chi connectivity index (χ1) is 33.5. The summed E-state index contributed by atoms with van der Waals surface area (Å²) in [7, 11) is 0. The van der Waals surface area contributed by atoms with E-state index in [1.165, 1.54) is 180 Å². The van der Waals surface area contributed by atoms with Crippen molar-refractivity contribution in [1.29, 1.82) is 0 Å². The predicted molar refractivity (Wildman–Crippen MR) is 293 cm³/mol. The molecule has 0 bridgehead atoms. The maximum Gasteiger partial charge on any atom is 0.306 e. The van der Waals surface area contributed by atoms with E-state index in [4.69, 9.17) is 14.2 Å². The van der Waals surface area contributed by atoms with Gasteiger partial charge in [0, 0.05) is 19.3 Å². The van der Waals surface area contributed by atoms with Gasteiger partial charge in [0.15, 0.2) is 6.10 Å². The fraction of sp³-hybridized carbons (Fsp3) is 0.790. The van der Waals surface area contributed by atoms with Gasteiger partial charge >= 0.3 is 17.9 Å². The Balaban J connectivity index is 4.41. The smallest absolute Gasteiger partial charge is 0.306 e. The number of esters is 3. The lowest BCUT2D eigenvalue weighted by molar-refractivity contribution is -0.166. The lowest BCUT2D eigenvalue weighted by atomic mass is 10.0. The van der Waals surface area contributed by atoms with Crippen LogP contribution in [-0.4, -0.2) is 37.2 Å². The highest BCUT2D eigenvalue weighted by Gasteiger charge is 2.19. The second kappa shape index (κ2) is 56.7. The van der Waals surface area contributed by atoms with Crippen LogP contribution in [0.5, 0.6) is 0 Å². The minimum Gasteiger partial charge on any atom is -0.462 e. The first kappa shape index (κ1) is 65.1. The highest BCUT2D eigenvalue weighted by atomic mass is 16.6. The summed E-state index contributed by atoms with van der Waals surface area (Å²) in [6, 6.07) is 0. The minimum absolute atomic E-state index is 0.0996. The fourth-order valence-electron chi connectivity index (χ4n) is 8.44. The monoisotopic (exact) mass is 951 g/mol. The molecule has 0 aliphatic carbocycles. The van der Waals surface area contributed by atoms with E-state index >= 15 is 0 Å². The highest BCUT2D eigenvalue weighted by molar-refractivity contribution is 5.71. The molecule has 0 saturated carbocycles. The molecule has 0 heterocycles. The molecule has 0 saturated heterocycles. The zero-order valence-corrected chi connectivity index (χ0v) is 45.1. The van der Waals surface area contributed by atoms with Gasteiger partial charge in [0.1, 0.15) is 13.2 Å². The number of unbranched alkanes of at least 4 members (excludes halogenated alkanes) is 32. The molecule has 6 heteroatoms. The van der Waals surface area contributed by atoms with E-state index < -0.39 is 6.10 Å². The van der Waals surface area contributed by atoms with E-state index in [-0.39, 0.29) is 37.5 Å². The van der Waals surface area contributed by atoms with Crippen LogP contribution in [0.2, 0.25) is 0 Å². The fourth-order valence-corrected chi connectivity index (χ4v) is 8.44. The Bertz CT molecular complexity index is 1230. The van der Waals surface area contributed by atoms with Crippen molar-refractivity contribution in [3.63, 3.8) is 0 Å². The molecule has 0 aromatic rings. The van der Waals surface area contributed by atoms with Crippen molar-refractivity contribution >= 4 is 17.9 Å². The van der Waals surface area contributed by atoms with E-state index in [2.05, 4.69) is 75.5 Å². The number of carbonyl (C=O) groups is 3. The Morgan fingerprint density at radius 2 is 0.574 bits per heavy atom. The van der Waals surface area contributed by atoms with Gasteiger partial charge in [0.2, 0.25) is 0 Å². The highest BCUT2D eigenvalue weighted by Crippen LogP contribution is 2.17. The van der Waals surface area contributed by atoms with Gasteiger partial charge in [-0.05, 0) is 51.4 Å². The SMILES string of the molecule is CC/C=C\C/C=C\C/C=C\C/C=C\C/C=C\CCC(=O)OC(COC(=O)CCCCCCCCCCCCCCCCC)COC(=O)CCCCCCCCCCCCCCCCCCCCC. The molecule has 1 atom stereocenters. The minimum atomic E-state index is -0.810. The van der Waals surface area contributed by atoms with Crippen LogP contribution in [0.25, 0.3) is 0 Å². The normalized spacial score (nSPS) is 12.5. The molecular formula is C62H110O6. The van der Waals surface area contributed by atoms with Crippen LogP contribution in [0, 0.1) is 0 Å². The summed E-state index contributed by atoms with van der Waals surface area (Å²) in [5.74, 6) is -0.968.